The van der Waals surface area contributed by atoms with Crippen LogP contribution in [0.2, 0.25) is 0 Å². The number of fused-ring (bicyclic) bond motifs is 5. The Kier molecular flexibility index (Phi) is 4.23. The number of rotatable bonds is 4. The van der Waals surface area contributed by atoms with Crippen LogP contribution in [0.15, 0.2) is 35.1 Å². The van der Waals surface area contributed by atoms with Gasteiger partial charge in [-0.25, -0.2) is 9.78 Å². The van der Waals surface area contributed by atoms with Crippen molar-refractivity contribution in [3.8, 4) is 11.4 Å². The van der Waals surface area contributed by atoms with E-state index in [0.717, 1.165) is 22.0 Å². The van der Waals surface area contributed by atoms with Crippen LogP contribution in [0.1, 0.15) is 42.0 Å². The molecule has 2 aromatic heterocycles. The summed E-state index contributed by atoms with van der Waals surface area (Å²) in [5.74, 6) is -1.08. The summed E-state index contributed by atoms with van der Waals surface area (Å²) in [5, 5.41) is 11.8. The van der Waals surface area contributed by atoms with Gasteiger partial charge in [0.25, 0.3) is 5.56 Å². The lowest BCUT2D eigenvalue weighted by Crippen LogP contribution is -2.44. The van der Waals surface area contributed by atoms with E-state index in [4.69, 9.17) is 15.5 Å². The lowest BCUT2D eigenvalue weighted by atomic mass is 9.86. The maximum atomic E-state index is 13.2. The maximum Gasteiger partial charge on any atom is 0.343 e. The summed E-state index contributed by atoms with van der Waals surface area (Å²) < 4.78 is 6.70. The van der Waals surface area contributed by atoms with Crippen molar-refractivity contribution < 1.29 is 19.4 Å². The van der Waals surface area contributed by atoms with E-state index in [9.17, 15) is 19.5 Å². The van der Waals surface area contributed by atoms with Gasteiger partial charge in [-0.15, -0.1) is 0 Å². The summed E-state index contributed by atoms with van der Waals surface area (Å²) in [6.07, 6.45) is 0.934. The molecule has 5 rings (SSSR count). The number of carbonyl (C=O) groups excluding carboxylic acids is 2. The van der Waals surface area contributed by atoms with Crippen LogP contribution >= 0.6 is 0 Å². The van der Waals surface area contributed by atoms with Gasteiger partial charge >= 0.3 is 5.97 Å². The number of pyridine rings is 2. The summed E-state index contributed by atoms with van der Waals surface area (Å²) >= 11 is 0. The van der Waals surface area contributed by atoms with E-state index in [1.165, 1.54) is 0 Å². The summed E-state index contributed by atoms with van der Waals surface area (Å²) in [7, 11) is 0. The van der Waals surface area contributed by atoms with Crippen LogP contribution in [0, 0.1) is 0 Å². The molecule has 4 heterocycles. The van der Waals surface area contributed by atoms with Gasteiger partial charge in [0.2, 0.25) is 5.91 Å². The zero-order valence-corrected chi connectivity index (χ0v) is 17.0. The summed E-state index contributed by atoms with van der Waals surface area (Å²) in [4.78, 5) is 41.3. The predicted molar refractivity (Wildman–Crippen MR) is 112 cm³/mol. The molecule has 8 nitrogen and oxygen atoms in total. The minimum atomic E-state index is -1.84. The first-order chi connectivity index (χ1) is 14.8. The molecule has 0 spiro atoms. The lowest BCUT2D eigenvalue weighted by molar-refractivity contribution is -0.172. The van der Waals surface area contributed by atoms with Gasteiger partial charge in [0.15, 0.2) is 5.60 Å². The number of cyclic esters (lactones) is 1. The number of esters is 1. The highest BCUT2D eigenvalue weighted by atomic mass is 16.6. The van der Waals surface area contributed by atoms with Gasteiger partial charge < -0.3 is 20.1 Å². The highest BCUT2D eigenvalue weighted by Crippen LogP contribution is 2.38. The molecular formula is C23H21N3O5. The minimum absolute atomic E-state index is 0.105. The third kappa shape index (κ3) is 2.86. The molecule has 1 atom stereocenters. The molecule has 2 aliphatic heterocycles. The number of aliphatic hydroxyl groups is 1. The Balaban J connectivity index is 1.64. The van der Waals surface area contributed by atoms with Crippen molar-refractivity contribution in [2.24, 2.45) is 5.73 Å². The highest BCUT2D eigenvalue weighted by molar-refractivity contribution is 5.86. The number of primary amides is 1. The fourth-order valence-electron chi connectivity index (χ4n) is 4.46. The number of aryl methyl sites for hydroxylation is 1. The number of hydrogen-bond acceptors (Lipinski definition) is 6. The third-order valence-corrected chi connectivity index (χ3v) is 6.23. The zero-order valence-electron chi connectivity index (χ0n) is 17.0. The number of ether oxygens (including phenoxy) is 1. The monoisotopic (exact) mass is 419 g/mol. The fraction of sp³-hybridized carbons (Fsp3) is 0.304. The van der Waals surface area contributed by atoms with E-state index in [0.29, 0.717) is 35.5 Å². The van der Waals surface area contributed by atoms with Crippen LogP contribution in [-0.2, 0) is 39.5 Å². The van der Waals surface area contributed by atoms with Gasteiger partial charge in [0.1, 0.15) is 6.61 Å². The number of nitrogens with zero attached hydrogens (tertiary/aromatic N) is 2. The van der Waals surface area contributed by atoms with Gasteiger partial charge in [-0.1, -0.05) is 13.0 Å². The van der Waals surface area contributed by atoms with Gasteiger partial charge in [-0.05, 0) is 42.7 Å². The van der Waals surface area contributed by atoms with Gasteiger partial charge in [0.05, 0.1) is 29.0 Å². The Morgan fingerprint density at radius 3 is 2.84 bits per heavy atom. The van der Waals surface area contributed by atoms with Crippen molar-refractivity contribution in [2.75, 3.05) is 0 Å². The van der Waals surface area contributed by atoms with Crippen molar-refractivity contribution in [3.63, 3.8) is 0 Å². The molecule has 0 fully saturated rings. The summed E-state index contributed by atoms with van der Waals surface area (Å²) in [6, 6.07) is 9.46. The van der Waals surface area contributed by atoms with Crippen LogP contribution in [-0.4, -0.2) is 26.5 Å². The average Bonchev–Trinajstić information content (AvgIpc) is 3.11. The minimum Gasteiger partial charge on any atom is -0.458 e. The van der Waals surface area contributed by atoms with E-state index in [-0.39, 0.29) is 30.9 Å². The molecule has 0 aliphatic carbocycles. The topological polar surface area (TPSA) is 125 Å². The molecule has 0 saturated carbocycles. The van der Waals surface area contributed by atoms with Crippen molar-refractivity contribution in [1.82, 2.24) is 9.55 Å². The zero-order chi connectivity index (χ0) is 21.9. The summed E-state index contributed by atoms with van der Waals surface area (Å²) in [6.45, 7) is 1.88. The van der Waals surface area contributed by atoms with Crippen LogP contribution < -0.4 is 11.3 Å². The second kappa shape index (κ2) is 6.75. The molecule has 158 valence electrons. The molecular weight excluding hydrogens is 398 g/mol. The molecule has 1 unspecified atom stereocenters. The van der Waals surface area contributed by atoms with E-state index in [1.54, 1.807) is 17.6 Å². The van der Waals surface area contributed by atoms with Crippen LogP contribution in [0.3, 0.4) is 0 Å². The molecule has 0 bridgehead atoms. The fourth-order valence-corrected chi connectivity index (χ4v) is 4.46. The number of hydrogen-bond donors (Lipinski definition) is 2. The molecule has 3 aromatic rings. The molecule has 1 amide bonds. The number of nitrogens with two attached hydrogens (primary N) is 1. The van der Waals surface area contributed by atoms with Crippen LogP contribution in [0.4, 0.5) is 0 Å². The first-order valence-electron chi connectivity index (χ1n) is 10.2. The largest absolute Gasteiger partial charge is 0.458 e. The Morgan fingerprint density at radius 1 is 1.29 bits per heavy atom. The van der Waals surface area contributed by atoms with E-state index in [2.05, 4.69) is 0 Å². The maximum absolute atomic E-state index is 13.2. The molecule has 0 radical (unpaired) electrons. The Labute approximate surface area is 177 Å². The second-order valence-electron chi connectivity index (χ2n) is 8.09. The summed E-state index contributed by atoms with van der Waals surface area (Å²) in [5.41, 5.74) is 7.61. The molecule has 31 heavy (non-hydrogen) atoms. The number of carbonyl (C=O) groups is 2. The van der Waals surface area contributed by atoms with Crippen LogP contribution in [0.25, 0.3) is 22.3 Å². The average molecular weight is 419 g/mol. The smallest absolute Gasteiger partial charge is 0.343 e. The normalized spacial score (nSPS) is 19.0. The number of amides is 1. The van der Waals surface area contributed by atoms with E-state index < -0.39 is 11.6 Å². The molecule has 2 aliphatic rings. The standard InChI is InChI=1S/C23H21N3O5/c1-2-23(30)16-9-18-20-14(10-26(18)21(28)15(16)11-31-22(23)29)8-13-7-12(4-6-19(24)27)3-5-17(13)25-20/h3,5,7-9,30H,2,4,6,10-11H2,1H3,(H2,24,27). The van der Waals surface area contributed by atoms with Crippen molar-refractivity contribution >= 4 is 22.8 Å². The Bertz CT molecular complexity index is 1340. The number of aromatic nitrogens is 2. The third-order valence-electron chi connectivity index (χ3n) is 6.23. The second-order valence-corrected chi connectivity index (χ2v) is 8.09. The van der Waals surface area contributed by atoms with Gasteiger partial charge in [-0.3, -0.25) is 9.59 Å². The SMILES string of the molecule is CCC1(O)C(=O)OCc2c1cc1n(c2=O)Cc2cc3cc(CCC(N)=O)ccc3nc2-1. The Hall–Kier alpha value is -3.52. The quantitative estimate of drug-likeness (QED) is 0.483. The van der Waals surface area contributed by atoms with E-state index in [1.807, 2.05) is 24.3 Å². The Morgan fingerprint density at radius 2 is 2.10 bits per heavy atom. The first kappa shape index (κ1) is 19.4. The molecule has 3 N–H and O–H groups in total. The van der Waals surface area contributed by atoms with Crippen molar-refractivity contribution in [3.05, 3.63) is 62.9 Å². The highest BCUT2D eigenvalue weighted by Gasteiger charge is 2.45. The van der Waals surface area contributed by atoms with Crippen molar-refractivity contribution in [2.45, 2.75) is 44.9 Å². The molecule has 1 aromatic carbocycles. The van der Waals surface area contributed by atoms with Crippen molar-refractivity contribution in [1.29, 1.82) is 0 Å². The first-order valence-corrected chi connectivity index (χ1v) is 10.2. The van der Waals surface area contributed by atoms with Crippen LogP contribution in [0.5, 0.6) is 0 Å². The predicted octanol–water partition coefficient (Wildman–Crippen LogP) is 1.50. The molecule has 0 saturated heterocycles. The van der Waals surface area contributed by atoms with Gasteiger partial charge in [-0.2, -0.15) is 0 Å². The lowest BCUT2D eigenvalue weighted by Gasteiger charge is -2.31. The van der Waals surface area contributed by atoms with Gasteiger partial charge in [0, 0.05) is 22.9 Å². The van der Waals surface area contributed by atoms with E-state index >= 15 is 0 Å². The number of benzene rings is 1. The molecule has 8 heteroatoms.